The SMILES string of the molecule is CC1(C)CCCC(CN)(Cc2ccc(F)cc2F)C1O. The fraction of sp³-hybridized carbons (Fsp3) is 0.625. The largest absolute Gasteiger partial charge is 0.392 e. The monoisotopic (exact) mass is 283 g/mol. The first kappa shape index (κ1) is 15.4. The zero-order valence-electron chi connectivity index (χ0n) is 12.1. The van der Waals surface area contributed by atoms with Gasteiger partial charge < -0.3 is 10.8 Å². The Morgan fingerprint density at radius 2 is 2.00 bits per heavy atom. The molecule has 1 fully saturated rings. The minimum Gasteiger partial charge on any atom is -0.392 e. The van der Waals surface area contributed by atoms with Gasteiger partial charge in [-0.1, -0.05) is 26.3 Å². The number of hydrogen-bond acceptors (Lipinski definition) is 2. The summed E-state index contributed by atoms with van der Waals surface area (Å²) in [6, 6.07) is 3.60. The average molecular weight is 283 g/mol. The van der Waals surface area contributed by atoms with Gasteiger partial charge in [0.15, 0.2) is 0 Å². The van der Waals surface area contributed by atoms with E-state index in [1.54, 1.807) is 0 Å². The minimum absolute atomic E-state index is 0.228. The summed E-state index contributed by atoms with van der Waals surface area (Å²) in [5, 5.41) is 10.7. The number of halogens is 2. The third-order valence-electron chi connectivity index (χ3n) is 4.78. The Balaban J connectivity index is 2.32. The Bertz CT molecular complexity index is 489. The molecule has 2 nitrogen and oxygen atoms in total. The lowest BCUT2D eigenvalue weighted by Gasteiger charge is -2.49. The fourth-order valence-corrected chi connectivity index (χ4v) is 3.51. The summed E-state index contributed by atoms with van der Waals surface area (Å²) in [5.41, 5.74) is 5.59. The molecule has 1 saturated carbocycles. The average Bonchev–Trinajstić information content (AvgIpc) is 2.38. The maximum atomic E-state index is 13.9. The van der Waals surface area contributed by atoms with Crippen LogP contribution in [0.2, 0.25) is 0 Å². The molecule has 1 aromatic carbocycles. The van der Waals surface area contributed by atoms with Crippen LogP contribution in [0.25, 0.3) is 0 Å². The maximum Gasteiger partial charge on any atom is 0.129 e. The Morgan fingerprint density at radius 3 is 2.60 bits per heavy atom. The fourth-order valence-electron chi connectivity index (χ4n) is 3.51. The lowest BCUT2D eigenvalue weighted by Crippen LogP contribution is -2.53. The second kappa shape index (κ2) is 5.41. The number of aliphatic hydroxyl groups is 1. The second-order valence-electron chi connectivity index (χ2n) is 6.72. The minimum atomic E-state index is -0.586. The third kappa shape index (κ3) is 2.72. The molecular weight excluding hydrogens is 260 g/mol. The van der Waals surface area contributed by atoms with Crippen LogP contribution in [-0.2, 0) is 6.42 Å². The van der Waals surface area contributed by atoms with E-state index in [1.165, 1.54) is 12.1 Å². The first-order valence-corrected chi connectivity index (χ1v) is 7.13. The van der Waals surface area contributed by atoms with Crippen molar-refractivity contribution in [2.24, 2.45) is 16.6 Å². The van der Waals surface area contributed by atoms with Crippen molar-refractivity contribution in [2.45, 2.75) is 45.6 Å². The van der Waals surface area contributed by atoms with E-state index in [-0.39, 0.29) is 5.41 Å². The van der Waals surface area contributed by atoms with Gasteiger partial charge >= 0.3 is 0 Å². The number of hydrogen-bond donors (Lipinski definition) is 2. The van der Waals surface area contributed by atoms with Crippen molar-refractivity contribution in [2.75, 3.05) is 6.54 Å². The van der Waals surface area contributed by atoms with Crippen LogP contribution < -0.4 is 5.73 Å². The van der Waals surface area contributed by atoms with Crippen LogP contribution in [0.15, 0.2) is 18.2 Å². The molecule has 0 spiro atoms. The van der Waals surface area contributed by atoms with E-state index >= 15 is 0 Å². The molecule has 2 rings (SSSR count). The van der Waals surface area contributed by atoms with Crippen LogP contribution >= 0.6 is 0 Å². The van der Waals surface area contributed by atoms with Crippen LogP contribution in [0.3, 0.4) is 0 Å². The van der Waals surface area contributed by atoms with Gasteiger partial charge in [0.25, 0.3) is 0 Å². The second-order valence-corrected chi connectivity index (χ2v) is 6.72. The van der Waals surface area contributed by atoms with Gasteiger partial charge in [0, 0.05) is 18.0 Å². The Morgan fingerprint density at radius 1 is 1.30 bits per heavy atom. The Kier molecular flexibility index (Phi) is 4.17. The lowest BCUT2D eigenvalue weighted by molar-refractivity contribution is -0.0887. The molecule has 20 heavy (non-hydrogen) atoms. The van der Waals surface area contributed by atoms with Crippen molar-refractivity contribution in [3.05, 3.63) is 35.4 Å². The van der Waals surface area contributed by atoms with Crippen molar-refractivity contribution < 1.29 is 13.9 Å². The van der Waals surface area contributed by atoms with Crippen LogP contribution in [0.4, 0.5) is 8.78 Å². The molecule has 0 bridgehead atoms. The highest BCUT2D eigenvalue weighted by Gasteiger charge is 2.48. The highest BCUT2D eigenvalue weighted by molar-refractivity contribution is 5.21. The van der Waals surface area contributed by atoms with E-state index in [1.807, 2.05) is 13.8 Å². The summed E-state index contributed by atoms with van der Waals surface area (Å²) in [5.74, 6) is -1.15. The normalized spacial score (nSPS) is 29.4. The summed E-state index contributed by atoms with van der Waals surface area (Å²) >= 11 is 0. The van der Waals surface area contributed by atoms with E-state index in [4.69, 9.17) is 5.73 Å². The third-order valence-corrected chi connectivity index (χ3v) is 4.78. The van der Waals surface area contributed by atoms with Crippen molar-refractivity contribution in [3.63, 3.8) is 0 Å². The van der Waals surface area contributed by atoms with E-state index in [0.717, 1.165) is 25.3 Å². The van der Waals surface area contributed by atoms with Crippen LogP contribution in [-0.4, -0.2) is 17.8 Å². The molecule has 0 aromatic heterocycles. The quantitative estimate of drug-likeness (QED) is 0.895. The number of benzene rings is 1. The van der Waals surface area contributed by atoms with E-state index in [2.05, 4.69) is 0 Å². The number of nitrogens with two attached hydrogens (primary N) is 1. The molecular formula is C16H23F2NO. The molecule has 0 radical (unpaired) electrons. The van der Waals surface area contributed by atoms with Gasteiger partial charge in [-0.15, -0.1) is 0 Å². The molecule has 3 N–H and O–H groups in total. The molecule has 2 unspecified atom stereocenters. The van der Waals surface area contributed by atoms with Crippen molar-refractivity contribution >= 4 is 0 Å². The lowest BCUT2D eigenvalue weighted by atomic mass is 9.59. The topological polar surface area (TPSA) is 46.2 Å². The summed E-state index contributed by atoms with van der Waals surface area (Å²) in [6.07, 6.45) is 2.43. The van der Waals surface area contributed by atoms with Gasteiger partial charge in [-0.25, -0.2) is 8.78 Å². The Hall–Kier alpha value is -1.00. The van der Waals surface area contributed by atoms with Crippen molar-refractivity contribution in [1.82, 2.24) is 0 Å². The molecule has 4 heteroatoms. The van der Waals surface area contributed by atoms with Crippen LogP contribution in [0.1, 0.15) is 38.7 Å². The van der Waals surface area contributed by atoms with Crippen molar-refractivity contribution in [3.8, 4) is 0 Å². The Labute approximate surface area is 119 Å². The molecule has 0 aliphatic heterocycles. The molecule has 1 aliphatic carbocycles. The zero-order chi connectivity index (χ0) is 15.0. The molecule has 1 aliphatic rings. The molecule has 0 heterocycles. The maximum absolute atomic E-state index is 13.9. The summed E-state index contributed by atoms with van der Waals surface area (Å²) in [6.45, 7) is 4.33. The van der Waals surface area contributed by atoms with E-state index in [0.29, 0.717) is 18.5 Å². The van der Waals surface area contributed by atoms with Gasteiger partial charge in [-0.05, 0) is 36.3 Å². The van der Waals surface area contributed by atoms with Crippen molar-refractivity contribution in [1.29, 1.82) is 0 Å². The van der Waals surface area contributed by atoms with Gasteiger partial charge in [0.05, 0.1) is 6.10 Å². The highest BCUT2D eigenvalue weighted by Crippen LogP contribution is 2.47. The highest BCUT2D eigenvalue weighted by atomic mass is 19.1. The standard InChI is InChI=1S/C16H23F2NO/c1-15(2)6-3-7-16(10-19,14(15)20)9-11-4-5-12(17)8-13(11)18/h4-5,8,14,20H,3,6-7,9-10,19H2,1-2H3. The molecule has 0 saturated heterocycles. The molecule has 2 atom stereocenters. The summed E-state index contributed by atoms with van der Waals surface area (Å²) in [7, 11) is 0. The van der Waals surface area contributed by atoms with Gasteiger partial charge in [-0.3, -0.25) is 0 Å². The van der Waals surface area contributed by atoms with Gasteiger partial charge in [-0.2, -0.15) is 0 Å². The zero-order valence-corrected chi connectivity index (χ0v) is 12.1. The van der Waals surface area contributed by atoms with E-state index < -0.39 is 23.2 Å². The first-order chi connectivity index (χ1) is 9.31. The molecule has 112 valence electrons. The predicted molar refractivity (Wildman–Crippen MR) is 75.2 cm³/mol. The van der Waals surface area contributed by atoms with Gasteiger partial charge in [0.1, 0.15) is 11.6 Å². The first-order valence-electron chi connectivity index (χ1n) is 7.13. The van der Waals surface area contributed by atoms with Crippen LogP contribution in [0, 0.1) is 22.5 Å². The molecule has 0 amide bonds. The summed E-state index contributed by atoms with van der Waals surface area (Å²) in [4.78, 5) is 0. The number of rotatable bonds is 3. The van der Waals surface area contributed by atoms with Gasteiger partial charge in [0.2, 0.25) is 0 Å². The van der Waals surface area contributed by atoms with Crippen LogP contribution in [0.5, 0.6) is 0 Å². The molecule has 1 aromatic rings. The van der Waals surface area contributed by atoms with E-state index in [9.17, 15) is 13.9 Å². The summed E-state index contributed by atoms with van der Waals surface area (Å²) < 4.78 is 26.9. The smallest absolute Gasteiger partial charge is 0.129 e. The number of aliphatic hydroxyl groups excluding tert-OH is 1. The predicted octanol–water partition coefficient (Wildman–Crippen LogP) is 3.02.